The van der Waals surface area contributed by atoms with Crippen molar-refractivity contribution in [3.8, 4) is 17.2 Å². The van der Waals surface area contributed by atoms with E-state index >= 15 is 0 Å². The summed E-state index contributed by atoms with van der Waals surface area (Å²) in [5.74, 6) is 1.40. The summed E-state index contributed by atoms with van der Waals surface area (Å²) in [7, 11) is 1.60. The minimum Gasteiger partial charge on any atom is -0.497 e. The van der Waals surface area contributed by atoms with E-state index in [9.17, 15) is 9.59 Å². The van der Waals surface area contributed by atoms with E-state index in [1.807, 2.05) is 18.2 Å². The Kier molecular flexibility index (Phi) is 4.71. The molecule has 2 aliphatic heterocycles. The molecule has 2 aliphatic rings. The number of carbonyl (C=O) groups excluding carboxylic acids is 2. The SMILES string of the molecule is COc1ccc(N2Cc3cccc(C(=O)Nc4ccc5c(c4)OCCO5)c3C2=O)cc1. The molecule has 156 valence electrons. The number of hydrogen-bond acceptors (Lipinski definition) is 5. The molecule has 0 aromatic heterocycles. The summed E-state index contributed by atoms with van der Waals surface area (Å²) in [5.41, 5.74) is 2.90. The quantitative estimate of drug-likeness (QED) is 0.699. The summed E-state index contributed by atoms with van der Waals surface area (Å²) in [4.78, 5) is 27.9. The molecule has 2 heterocycles. The average Bonchev–Trinajstić information content (AvgIpc) is 3.15. The Morgan fingerprint density at radius 3 is 2.55 bits per heavy atom. The van der Waals surface area contributed by atoms with Gasteiger partial charge in [-0.25, -0.2) is 0 Å². The van der Waals surface area contributed by atoms with Crippen molar-refractivity contribution in [2.75, 3.05) is 30.5 Å². The number of hydrogen-bond donors (Lipinski definition) is 1. The molecule has 1 N–H and O–H groups in total. The average molecular weight is 416 g/mol. The van der Waals surface area contributed by atoms with Crippen LogP contribution in [0.4, 0.5) is 11.4 Å². The van der Waals surface area contributed by atoms with Gasteiger partial charge in [-0.3, -0.25) is 9.59 Å². The molecule has 0 radical (unpaired) electrons. The summed E-state index contributed by atoms with van der Waals surface area (Å²) in [6, 6.07) is 17.8. The fourth-order valence-electron chi connectivity index (χ4n) is 3.84. The van der Waals surface area contributed by atoms with E-state index in [1.165, 1.54) is 0 Å². The summed E-state index contributed by atoms with van der Waals surface area (Å²) in [6.45, 7) is 1.37. The van der Waals surface area contributed by atoms with Crippen LogP contribution in [0.3, 0.4) is 0 Å². The second-order valence-corrected chi connectivity index (χ2v) is 7.24. The lowest BCUT2D eigenvalue weighted by molar-refractivity contribution is 0.0976. The number of amides is 2. The van der Waals surface area contributed by atoms with E-state index in [0.717, 1.165) is 11.3 Å². The first kappa shape index (κ1) is 19.0. The van der Waals surface area contributed by atoms with E-state index in [-0.39, 0.29) is 11.8 Å². The van der Waals surface area contributed by atoms with Crippen molar-refractivity contribution in [2.24, 2.45) is 0 Å². The summed E-state index contributed by atoms with van der Waals surface area (Å²) in [6.07, 6.45) is 0. The molecule has 7 nitrogen and oxygen atoms in total. The molecule has 0 saturated heterocycles. The summed E-state index contributed by atoms with van der Waals surface area (Å²) in [5, 5.41) is 2.87. The smallest absolute Gasteiger partial charge is 0.259 e. The van der Waals surface area contributed by atoms with E-state index in [1.54, 1.807) is 54.5 Å². The molecule has 0 bridgehead atoms. The van der Waals surface area contributed by atoms with Crippen molar-refractivity contribution >= 4 is 23.2 Å². The molecule has 2 amide bonds. The molecule has 3 aromatic rings. The van der Waals surface area contributed by atoms with Crippen molar-refractivity contribution in [3.05, 3.63) is 77.4 Å². The van der Waals surface area contributed by atoms with Crippen LogP contribution >= 0.6 is 0 Å². The minimum atomic E-state index is -0.349. The Hall–Kier alpha value is -4.00. The van der Waals surface area contributed by atoms with Crippen LogP contribution in [-0.4, -0.2) is 32.1 Å². The third-order valence-electron chi connectivity index (χ3n) is 5.37. The van der Waals surface area contributed by atoms with Crippen LogP contribution in [0, 0.1) is 0 Å². The van der Waals surface area contributed by atoms with Crippen molar-refractivity contribution in [2.45, 2.75) is 6.54 Å². The highest BCUT2D eigenvalue weighted by atomic mass is 16.6. The van der Waals surface area contributed by atoms with Gasteiger partial charge in [0.2, 0.25) is 0 Å². The number of nitrogens with one attached hydrogen (secondary N) is 1. The Balaban J connectivity index is 1.41. The molecule has 0 spiro atoms. The topological polar surface area (TPSA) is 77.1 Å². The Labute approximate surface area is 179 Å². The highest BCUT2D eigenvalue weighted by Gasteiger charge is 2.32. The molecule has 7 heteroatoms. The number of fused-ring (bicyclic) bond motifs is 2. The van der Waals surface area contributed by atoms with Crippen LogP contribution in [0.25, 0.3) is 0 Å². The highest BCUT2D eigenvalue weighted by Crippen LogP contribution is 2.34. The van der Waals surface area contributed by atoms with Crippen molar-refractivity contribution in [1.82, 2.24) is 0 Å². The zero-order valence-corrected chi connectivity index (χ0v) is 16.9. The van der Waals surface area contributed by atoms with Crippen molar-refractivity contribution < 1.29 is 23.8 Å². The number of nitrogens with zero attached hydrogens (tertiary/aromatic N) is 1. The first-order chi connectivity index (χ1) is 15.1. The van der Waals surface area contributed by atoms with Crippen LogP contribution in [-0.2, 0) is 6.54 Å². The molecule has 0 unspecified atom stereocenters. The van der Waals surface area contributed by atoms with Gasteiger partial charge in [0.15, 0.2) is 11.5 Å². The molecular formula is C24H20N2O5. The molecule has 0 atom stereocenters. The van der Waals surface area contributed by atoms with Gasteiger partial charge in [-0.05, 0) is 48.0 Å². The van der Waals surface area contributed by atoms with E-state index in [4.69, 9.17) is 14.2 Å². The van der Waals surface area contributed by atoms with E-state index < -0.39 is 0 Å². The molecule has 31 heavy (non-hydrogen) atoms. The Morgan fingerprint density at radius 2 is 1.77 bits per heavy atom. The number of ether oxygens (including phenoxy) is 3. The lowest BCUT2D eigenvalue weighted by atomic mass is 10.0. The summed E-state index contributed by atoms with van der Waals surface area (Å²) >= 11 is 0. The second kappa shape index (κ2) is 7.68. The fourth-order valence-corrected chi connectivity index (χ4v) is 3.84. The maximum atomic E-state index is 13.2. The molecule has 5 rings (SSSR count). The monoisotopic (exact) mass is 416 g/mol. The van der Waals surface area contributed by atoms with Gasteiger partial charge in [-0.1, -0.05) is 12.1 Å². The first-order valence-electron chi connectivity index (χ1n) is 9.93. The second-order valence-electron chi connectivity index (χ2n) is 7.24. The van der Waals surface area contributed by atoms with Gasteiger partial charge < -0.3 is 24.4 Å². The molecule has 3 aromatic carbocycles. The number of carbonyl (C=O) groups is 2. The van der Waals surface area contributed by atoms with Gasteiger partial charge in [0.25, 0.3) is 11.8 Å². The third kappa shape index (κ3) is 3.44. The minimum absolute atomic E-state index is 0.201. The number of anilines is 2. The molecular weight excluding hydrogens is 396 g/mol. The maximum absolute atomic E-state index is 13.2. The summed E-state index contributed by atoms with van der Waals surface area (Å²) < 4.78 is 16.3. The van der Waals surface area contributed by atoms with Crippen LogP contribution in [0.15, 0.2) is 60.7 Å². The molecule has 0 aliphatic carbocycles. The zero-order valence-electron chi connectivity index (χ0n) is 16.9. The van der Waals surface area contributed by atoms with Gasteiger partial charge in [-0.2, -0.15) is 0 Å². The van der Waals surface area contributed by atoms with Crippen LogP contribution < -0.4 is 24.4 Å². The van der Waals surface area contributed by atoms with Crippen LogP contribution in [0.2, 0.25) is 0 Å². The Morgan fingerprint density at radius 1 is 1.00 bits per heavy atom. The molecule has 0 fully saturated rings. The van der Waals surface area contributed by atoms with Gasteiger partial charge in [-0.15, -0.1) is 0 Å². The van der Waals surface area contributed by atoms with Gasteiger partial charge in [0, 0.05) is 17.4 Å². The van der Waals surface area contributed by atoms with E-state index in [2.05, 4.69) is 5.32 Å². The lowest BCUT2D eigenvalue weighted by Crippen LogP contribution is -2.24. The lowest BCUT2D eigenvalue weighted by Gasteiger charge is -2.19. The fraction of sp³-hybridized carbons (Fsp3) is 0.167. The third-order valence-corrected chi connectivity index (χ3v) is 5.37. The first-order valence-corrected chi connectivity index (χ1v) is 9.93. The van der Waals surface area contributed by atoms with Crippen LogP contribution in [0.1, 0.15) is 26.3 Å². The van der Waals surface area contributed by atoms with Crippen molar-refractivity contribution in [1.29, 1.82) is 0 Å². The zero-order chi connectivity index (χ0) is 21.4. The van der Waals surface area contributed by atoms with Gasteiger partial charge >= 0.3 is 0 Å². The molecule has 0 saturated carbocycles. The highest BCUT2D eigenvalue weighted by molar-refractivity contribution is 6.18. The van der Waals surface area contributed by atoms with Crippen molar-refractivity contribution in [3.63, 3.8) is 0 Å². The van der Waals surface area contributed by atoms with E-state index in [0.29, 0.717) is 53.8 Å². The van der Waals surface area contributed by atoms with Gasteiger partial charge in [0.05, 0.1) is 24.8 Å². The maximum Gasteiger partial charge on any atom is 0.259 e. The normalized spacial score (nSPS) is 14.2. The largest absolute Gasteiger partial charge is 0.497 e. The van der Waals surface area contributed by atoms with Gasteiger partial charge in [0.1, 0.15) is 19.0 Å². The number of benzene rings is 3. The van der Waals surface area contributed by atoms with Crippen LogP contribution in [0.5, 0.6) is 17.2 Å². The predicted octanol–water partition coefficient (Wildman–Crippen LogP) is 3.88. The number of rotatable bonds is 4. The Bertz CT molecular complexity index is 1170. The number of methoxy groups -OCH3 is 1. The predicted molar refractivity (Wildman–Crippen MR) is 115 cm³/mol. The standard InChI is InChI=1S/C24H20N2O5/c1-29-18-8-6-17(7-9-18)26-14-15-3-2-4-19(22(15)24(26)28)23(27)25-16-5-10-20-21(13-16)31-12-11-30-20/h2-10,13H,11-12,14H2,1H3,(H,25,27).